The van der Waals surface area contributed by atoms with Crippen LogP contribution in [-0.2, 0) is 18.7 Å². The summed E-state index contributed by atoms with van der Waals surface area (Å²) in [5.74, 6) is -2.06. The van der Waals surface area contributed by atoms with Crippen LogP contribution in [0.2, 0.25) is 0 Å². The van der Waals surface area contributed by atoms with Crippen molar-refractivity contribution in [1.82, 2.24) is 0 Å². The molecule has 9 nitrogen and oxygen atoms in total. The van der Waals surface area contributed by atoms with Gasteiger partial charge in [0, 0.05) is 17.4 Å². The summed E-state index contributed by atoms with van der Waals surface area (Å²) < 4.78 is 16.6. The summed E-state index contributed by atoms with van der Waals surface area (Å²) in [6.45, 7) is 2.73. The predicted molar refractivity (Wildman–Crippen MR) is 121 cm³/mol. The molecule has 176 valence electrons. The third kappa shape index (κ3) is 4.49. The molecule has 0 aromatic heterocycles. The molecule has 0 spiro atoms. The maximum atomic E-state index is 12.5. The van der Waals surface area contributed by atoms with Gasteiger partial charge in [0.2, 0.25) is 0 Å². The second kappa shape index (κ2) is 9.84. The molecule has 5 N–H and O–H groups in total. The summed E-state index contributed by atoms with van der Waals surface area (Å²) in [6.07, 6.45) is 3.37. The maximum absolute atomic E-state index is 12.5. The fourth-order valence-electron chi connectivity index (χ4n) is 7.24. The van der Waals surface area contributed by atoms with Crippen molar-refractivity contribution in [3.63, 3.8) is 0 Å². The molecule has 7 atom stereocenters. The number of phosphoric ester groups is 1. The zero-order valence-electron chi connectivity index (χ0n) is 17.5. The van der Waals surface area contributed by atoms with Crippen molar-refractivity contribution in [1.29, 1.82) is 0 Å². The molecule has 0 heterocycles. The number of ketones is 2. The number of hydrogen-bond acceptors (Lipinski definition) is 7. The van der Waals surface area contributed by atoms with E-state index >= 15 is 0 Å². The van der Waals surface area contributed by atoms with Gasteiger partial charge in [0.05, 0.1) is 11.5 Å². The Hall–Kier alpha value is 0.650. The number of aliphatic hydroxyl groups is 3. The van der Waals surface area contributed by atoms with E-state index in [-0.39, 0.29) is 89.6 Å². The SMILES string of the molecule is C[C@@]12C(=CC(=O)C=C1OP(=O)(O)O)CC[C@@H]1[C@@H]2[C@@H](O)C[C@@]2(C)[C@H]1CC[C@]2(O)C(=O)CO.[NaH].[NaH]. The fourth-order valence-corrected chi connectivity index (χ4v) is 7.74. The molecule has 3 fully saturated rings. The van der Waals surface area contributed by atoms with Crippen molar-refractivity contribution in [3.05, 3.63) is 23.5 Å². The van der Waals surface area contributed by atoms with Crippen LogP contribution in [0.4, 0.5) is 0 Å². The Morgan fingerprint density at radius 2 is 1.85 bits per heavy atom. The summed E-state index contributed by atoms with van der Waals surface area (Å²) in [5.41, 5.74) is -3.12. The van der Waals surface area contributed by atoms with Gasteiger partial charge in [-0.1, -0.05) is 12.5 Å². The molecule has 0 aromatic carbocycles. The van der Waals surface area contributed by atoms with E-state index in [1.54, 1.807) is 13.8 Å². The molecular formula is C21H31Na2O9P. The van der Waals surface area contributed by atoms with Gasteiger partial charge < -0.3 is 19.8 Å². The number of hydrogen-bond donors (Lipinski definition) is 5. The molecule has 0 aromatic rings. The van der Waals surface area contributed by atoms with Gasteiger partial charge in [-0.3, -0.25) is 19.4 Å². The zero-order chi connectivity index (χ0) is 23.0. The molecule has 0 saturated heterocycles. The van der Waals surface area contributed by atoms with E-state index in [1.165, 1.54) is 6.08 Å². The van der Waals surface area contributed by atoms with E-state index < -0.39 is 54.4 Å². The summed E-state index contributed by atoms with van der Waals surface area (Å²) in [6, 6.07) is 0. The molecule has 0 amide bonds. The second-order valence-electron chi connectivity index (χ2n) is 9.87. The van der Waals surface area contributed by atoms with Crippen molar-refractivity contribution >= 4 is 78.5 Å². The van der Waals surface area contributed by atoms with Crippen LogP contribution in [0.3, 0.4) is 0 Å². The van der Waals surface area contributed by atoms with Crippen LogP contribution in [0.15, 0.2) is 23.5 Å². The van der Waals surface area contributed by atoms with Crippen LogP contribution in [0.5, 0.6) is 0 Å². The van der Waals surface area contributed by atoms with Crippen LogP contribution >= 0.6 is 7.82 Å². The Bertz CT molecular complexity index is 946. The van der Waals surface area contributed by atoms with E-state index in [1.807, 2.05) is 0 Å². The van der Waals surface area contributed by atoms with E-state index in [2.05, 4.69) is 0 Å². The van der Waals surface area contributed by atoms with Gasteiger partial charge in [-0.15, -0.1) is 0 Å². The number of allylic oxidation sites excluding steroid dienone is 3. The van der Waals surface area contributed by atoms with Crippen LogP contribution in [0.25, 0.3) is 0 Å². The number of phosphoric acid groups is 1. The first-order chi connectivity index (χ1) is 14.3. The Balaban J connectivity index is 0.00000193. The zero-order valence-corrected chi connectivity index (χ0v) is 18.4. The molecule has 3 saturated carbocycles. The van der Waals surface area contributed by atoms with Crippen LogP contribution < -0.4 is 0 Å². The number of rotatable bonds is 4. The summed E-state index contributed by atoms with van der Waals surface area (Å²) in [7, 11) is -4.95. The fraction of sp³-hybridized carbons (Fsp3) is 0.714. The van der Waals surface area contributed by atoms with E-state index in [0.29, 0.717) is 24.8 Å². The molecule has 0 aliphatic heterocycles. The van der Waals surface area contributed by atoms with Gasteiger partial charge in [0.1, 0.15) is 18.0 Å². The molecule has 0 bridgehead atoms. The van der Waals surface area contributed by atoms with E-state index in [0.717, 1.165) is 6.08 Å². The molecule has 33 heavy (non-hydrogen) atoms. The first-order valence-electron chi connectivity index (χ1n) is 10.5. The Kier molecular flexibility index (Phi) is 8.91. The standard InChI is InChI=1S/C21H29O9P.2Na.2H/c1-19-9-15(24)18-13(14(19)5-6-21(19,26)16(25)10-22)4-3-11-7-12(23)8-17(20(11,18)2)30-31(27,28)29;;;;/h7-8,13-15,18,22,24,26H,3-6,9-10H2,1-2H3,(H2,27,28,29);;;;/t13-,14-,15-,18+,19-,20+,21-;;;;/m0..../s1. The average molecular weight is 504 g/mol. The summed E-state index contributed by atoms with van der Waals surface area (Å²) in [5, 5.41) is 32.0. The van der Waals surface area contributed by atoms with E-state index in [9.17, 15) is 39.3 Å². The van der Waals surface area contributed by atoms with Crippen LogP contribution in [0, 0.1) is 28.6 Å². The van der Waals surface area contributed by atoms with Gasteiger partial charge in [-0.25, -0.2) is 4.57 Å². The van der Waals surface area contributed by atoms with Crippen molar-refractivity contribution in [2.45, 2.75) is 57.7 Å². The number of aliphatic hydroxyl groups excluding tert-OH is 2. The number of carbonyl (C=O) groups is 2. The van der Waals surface area contributed by atoms with Gasteiger partial charge in [-0.2, -0.15) is 0 Å². The average Bonchev–Trinajstić information content (AvgIpc) is 2.92. The van der Waals surface area contributed by atoms with Crippen molar-refractivity contribution in [2.75, 3.05) is 6.61 Å². The number of carbonyl (C=O) groups excluding carboxylic acids is 2. The Labute approximate surface area is 236 Å². The molecule has 0 radical (unpaired) electrons. The third-order valence-electron chi connectivity index (χ3n) is 8.61. The Morgan fingerprint density at radius 1 is 1.21 bits per heavy atom. The summed E-state index contributed by atoms with van der Waals surface area (Å²) in [4.78, 5) is 43.5. The number of Topliss-reactive ketones (excluding diaryl/α,β-unsaturated/α-hetero) is 1. The van der Waals surface area contributed by atoms with E-state index in [4.69, 9.17) is 4.52 Å². The third-order valence-corrected chi connectivity index (χ3v) is 9.05. The topological polar surface area (TPSA) is 162 Å². The Morgan fingerprint density at radius 3 is 2.42 bits per heavy atom. The van der Waals surface area contributed by atoms with Crippen LogP contribution in [-0.4, -0.2) is 114 Å². The first-order valence-corrected chi connectivity index (χ1v) is 12.1. The molecule has 0 unspecified atom stereocenters. The molecule has 4 aliphatic carbocycles. The second-order valence-corrected chi connectivity index (χ2v) is 11.0. The predicted octanol–water partition coefficient (Wildman–Crippen LogP) is -0.302. The van der Waals surface area contributed by atoms with Gasteiger partial charge in [0.25, 0.3) is 0 Å². The summed E-state index contributed by atoms with van der Waals surface area (Å²) >= 11 is 0. The van der Waals surface area contributed by atoms with Crippen molar-refractivity contribution in [2.24, 2.45) is 28.6 Å². The van der Waals surface area contributed by atoms with Gasteiger partial charge in [0.15, 0.2) is 11.6 Å². The molecule has 4 rings (SSSR count). The molecular weight excluding hydrogens is 473 g/mol. The monoisotopic (exact) mass is 504 g/mol. The molecule has 12 heteroatoms. The quantitative estimate of drug-likeness (QED) is 0.256. The minimum absolute atomic E-state index is 0. The van der Waals surface area contributed by atoms with Crippen LogP contribution in [0.1, 0.15) is 46.0 Å². The van der Waals surface area contributed by atoms with Gasteiger partial charge in [-0.05, 0) is 56.9 Å². The molecule has 4 aliphatic rings. The number of fused-ring (bicyclic) bond motifs is 5. The van der Waals surface area contributed by atoms with Crippen molar-refractivity contribution < 1.29 is 43.8 Å². The minimum atomic E-state index is -4.95. The normalized spacial score (nSPS) is 41.8. The van der Waals surface area contributed by atoms with Gasteiger partial charge >= 0.3 is 66.9 Å². The van der Waals surface area contributed by atoms with Crippen molar-refractivity contribution in [3.8, 4) is 0 Å². The first kappa shape index (κ1) is 29.9.